The van der Waals surface area contributed by atoms with Gasteiger partial charge in [-0.05, 0) is 29.3 Å². The Morgan fingerprint density at radius 3 is 2.32 bits per heavy atom. The summed E-state index contributed by atoms with van der Waals surface area (Å²) in [4.78, 5) is 33.9. The number of benzene rings is 3. The Morgan fingerprint density at radius 2 is 1.59 bits per heavy atom. The highest BCUT2D eigenvalue weighted by molar-refractivity contribution is 5.98. The smallest absolute Gasteiger partial charge is 0.284 e. The zero-order chi connectivity index (χ0) is 25.4. The van der Waals surface area contributed by atoms with E-state index in [0.29, 0.717) is 16.9 Å². The quantitative estimate of drug-likeness (QED) is 0.331. The molecule has 0 aliphatic rings. The van der Waals surface area contributed by atoms with Gasteiger partial charge in [-0.15, -0.1) is 0 Å². The van der Waals surface area contributed by atoms with E-state index in [1.807, 2.05) is 84.9 Å². The predicted molar refractivity (Wildman–Crippen MR) is 143 cm³/mol. The van der Waals surface area contributed by atoms with Gasteiger partial charge in [-0.25, -0.2) is 0 Å². The van der Waals surface area contributed by atoms with Gasteiger partial charge in [0.2, 0.25) is 0 Å². The molecule has 6 aromatic rings. The van der Waals surface area contributed by atoms with Crippen molar-refractivity contribution in [1.29, 1.82) is 0 Å². The number of nitrogens with zero attached hydrogens (tertiary/aromatic N) is 3. The summed E-state index contributed by atoms with van der Waals surface area (Å²) in [5.41, 5.74) is 4.64. The van der Waals surface area contributed by atoms with Crippen LogP contribution in [-0.4, -0.2) is 37.2 Å². The Kier molecular flexibility index (Phi) is 5.55. The van der Waals surface area contributed by atoms with E-state index in [-0.39, 0.29) is 11.4 Å². The number of H-pyrrole nitrogens is 1. The first-order valence-electron chi connectivity index (χ1n) is 11.7. The molecule has 0 atom stereocenters. The molecule has 8 nitrogen and oxygen atoms in total. The summed E-state index contributed by atoms with van der Waals surface area (Å²) in [6.45, 7) is -0.728. The van der Waals surface area contributed by atoms with E-state index in [1.165, 1.54) is 4.52 Å². The number of rotatable bonds is 5. The number of nitrogens with one attached hydrogen (secondary N) is 2. The van der Waals surface area contributed by atoms with Crippen LogP contribution in [0, 0.1) is 0 Å². The highest BCUT2D eigenvalue weighted by atomic mass is 16.3. The van der Waals surface area contributed by atoms with Crippen LogP contribution in [0.2, 0.25) is 0 Å². The molecule has 180 valence electrons. The number of carbonyl (C=O) groups is 1. The fourth-order valence-corrected chi connectivity index (χ4v) is 4.52. The number of fused-ring (bicyclic) bond motifs is 2. The van der Waals surface area contributed by atoms with Crippen molar-refractivity contribution in [2.24, 2.45) is 0 Å². The van der Waals surface area contributed by atoms with Gasteiger partial charge in [0.25, 0.3) is 11.5 Å². The molecule has 1 amide bonds. The van der Waals surface area contributed by atoms with Gasteiger partial charge in [0, 0.05) is 17.1 Å². The zero-order valence-electron chi connectivity index (χ0n) is 19.6. The molecular weight excluding hydrogens is 466 g/mol. The minimum absolute atomic E-state index is 0.177. The Balaban J connectivity index is 1.69. The molecule has 37 heavy (non-hydrogen) atoms. The molecule has 0 fully saturated rings. The number of aromatic nitrogens is 4. The number of aliphatic hydroxyl groups is 1. The molecule has 0 aliphatic heterocycles. The highest BCUT2D eigenvalue weighted by Gasteiger charge is 2.23. The van der Waals surface area contributed by atoms with E-state index in [0.717, 1.165) is 27.6 Å². The van der Waals surface area contributed by atoms with E-state index in [1.54, 1.807) is 12.3 Å². The van der Waals surface area contributed by atoms with Crippen molar-refractivity contribution in [3.05, 3.63) is 108 Å². The van der Waals surface area contributed by atoms with E-state index < -0.39 is 18.1 Å². The van der Waals surface area contributed by atoms with E-state index in [9.17, 15) is 14.7 Å². The average Bonchev–Trinajstić information content (AvgIpc) is 3.33. The van der Waals surface area contributed by atoms with Crippen molar-refractivity contribution in [2.45, 2.75) is 0 Å². The second-order valence-electron chi connectivity index (χ2n) is 8.51. The third kappa shape index (κ3) is 3.95. The summed E-state index contributed by atoms with van der Waals surface area (Å²) in [6.07, 6.45) is 1.70. The second kappa shape index (κ2) is 9.18. The fraction of sp³-hybridized carbons (Fsp3) is 0.0345. The first kappa shape index (κ1) is 22.4. The van der Waals surface area contributed by atoms with Crippen LogP contribution in [0.15, 0.2) is 102 Å². The molecule has 3 aromatic carbocycles. The first-order valence-corrected chi connectivity index (χ1v) is 11.7. The number of anilines is 1. The maximum atomic E-state index is 14.0. The number of amides is 1. The van der Waals surface area contributed by atoms with E-state index in [2.05, 4.69) is 15.3 Å². The van der Waals surface area contributed by atoms with Gasteiger partial charge in [-0.3, -0.25) is 14.6 Å². The Hall–Kier alpha value is -5.08. The largest absolute Gasteiger partial charge is 0.387 e. The number of hydrogen-bond donors (Lipinski definition) is 3. The number of carbonyl (C=O) groups excluding carboxylic acids is 1. The zero-order valence-corrected chi connectivity index (χ0v) is 19.6. The highest BCUT2D eigenvalue weighted by Crippen LogP contribution is 2.36. The van der Waals surface area contributed by atoms with Crippen LogP contribution in [0.25, 0.3) is 50.1 Å². The van der Waals surface area contributed by atoms with Crippen LogP contribution in [0.4, 0.5) is 5.82 Å². The fourth-order valence-electron chi connectivity index (χ4n) is 4.52. The van der Waals surface area contributed by atoms with Crippen molar-refractivity contribution in [3.8, 4) is 33.5 Å². The van der Waals surface area contributed by atoms with Crippen molar-refractivity contribution in [1.82, 2.24) is 19.6 Å². The molecule has 0 radical (unpaired) electrons. The molecule has 8 heteroatoms. The summed E-state index contributed by atoms with van der Waals surface area (Å²) in [7, 11) is 0. The van der Waals surface area contributed by atoms with Crippen LogP contribution in [-0.2, 0) is 4.79 Å². The van der Waals surface area contributed by atoms with Crippen molar-refractivity contribution < 1.29 is 9.90 Å². The number of aliphatic hydroxyl groups excluding tert-OH is 1. The molecule has 0 saturated heterocycles. The Morgan fingerprint density at radius 1 is 0.865 bits per heavy atom. The number of pyridine rings is 1. The minimum atomic E-state index is -0.728. The van der Waals surface area contributed by atoms with Gasteiger partial charge in [0.15, 0.2) is 0 Å². The van der Waals surface area contributed by atoms with E-state index in [4.69, 9.17) is 5.10 Å². The van der Waals surface area contributed by atoms with Crippen LogP contribution >= 0.6 is 0 Å². The van der Waals surface area contributed by atoms with Crippen LogP contribution < -0.4 is 10.9 Å². The third-order valence-electron chi connectivity index (χ3n) is 6.19. The molecule has 0 bridgehead atoms. The topological polar surface area (TPSA) is 112 Å². The molecule has 0 saturated carbocycles. The lowest BCUT2D eigenvalue weighted by Gasteiger charge is -2.12. The molecule has 3 N–H and O–H groups in total. The van der Waals surface area contributed by atoms with Crippen molar-refractivity contribution in [2.75, 3.05) is 11.9 Å². The lowest BCUT2D eigenvalue weighted by atomic mass is 10.0. The summed E-state index contributed by atoms with van der Waals surface area (Å²) >= 11 is 0. The van der Waals surface area contributed by atoms with Gasteiger partial charge < -0.3 is 15.4 Å². The molecule has 0 spiro atoms. The number of aromatic amines is 1. The second-order valence-corrected chi connectivity index (χ2v) is 8.51. The van der Waals surface area contributed by atoms with Crippen LogP contribution in [0.5, 0.6) is 0 Å². The molecule has 0 unspecified atom stereocenters. The predicted octanol–water partition coefficient (Wildman–Crippen LogP) is 4.50. The maximum Gasteiger partial charge on any atom is 0.284 e. The summed E-state index contributed by atoms with van der Waals surface area (Å²) in [5, 5.41) is 17.7. The van der Waals surface area contributed by atoms with Crippen LogP contribution in [0.3, 0.4) is 0 Å². The molecule has 0 aliphatic carbocycles. The Bertz CT molecular complexity index is 1830. The number of hydrogen-bond acceptors (Lipinski definition) is 5. The third-order valence-corrected chi connectivity index (χ3v) is 6.19. The molecule has 3 heterocycles. The molecule has 6 rings (SSSR count). The van der Waals surface area contributed by atoms with Gasteiger partial charge >= 0.3 is 0 Å². The lowest BCUT2D eigenvalue weighted by Crippen LogP contribution is -2.24. The summed E-state index contributed by atoms with van der Waals surface area (Å²) < 4.78 is 1.34. The summed E-state index contributed by atoms with van der Waals surface area (Å²) in [5.74, 6) is -0.468. The van der Waals surface area contributed by atoms with Crippen LogP contribution in [0.1, 0.15) is 0 Å². The van der Waals surface area contributed by atoms with E-state index >= 15 is 0 Å². The molecular formula is C29H21N5O3. The molecule has 3 aromatic heterocycles. The van der Waals surface area contributed by atoms with Crippen molar-refractivity contribution in [3.63, 3.8) is 0 Å². The maximum absolute atomic E-state index is 14.0. The summed E-state index contributed by atoms with van der Waals surface area (Å²) in [6, 6.07) is 28.4. The van der Waals surface area contributed by atoms with Gasteiger partial charge in [-0.1, -0.05) is 72.8 Å². The SMILES string of the molecule is O=C(CO)Nc1[nH]c2c(-c3ccccc3)c(-c3ccccc3)nn2c(=O)c1-c1ccc2ncccc2c1. The standard InChI is InChI=1S/C29H21N5O3/c35-17-23(36)31-27-25(21-13-14-22-20(16-21)12-7-15-30-22)29(37)34-28(32-27)24(18-8-3-1-4-9-18)26(33-34)19-10-5-2-6-11-19/h1-16,32,35H,17H2,(H,31,36). The first-order chi connectivity index (χ1) is 18.1. The van der Waals surface area contributed by atoms with Crippen molar-refractivity contribution >= 4 is 28.3 Å². The Labute approximate surface area is 210 Å². The normalized spacial score (nSPS) is 11.2. The minimum Gasteiger partial charge on any atom is -0.387 e. The average molecular weight is 488 g/mol. The monoisotopic (exact) mass is 487 g/mol. The van der Waals surface area contributed by atoms with Gasteiger partial charge in [0.05, 0.1) is 16.6 Å². The lowest BCUT2D eigenvalue weighted by molar-refractivity contribution is -0.118. The van der Waals surface area contributed by atoms with Gasteiger partial charge in [0.1, 0.15) is 23.8 Å². The van der Waals surface area contributed by atoms with Gasteiger partial charge in [-0.2, -0.15) is 9.61 Å².